The highest BCUT2D eigenvalue weighted by molar-refractivity contribution is 7.99. The minimum Gasteiger partial charge on any atom is -0.316 e. The molecule has 2 nitrogen and oxygen atoms in total. The second kappa shape index (κ2) is 7.47. The van der Waals surface area contributed by atoms with Gasteiger partial charge in [0.05, 0.1) is 10.9 Å². The third kappa shape index (κ3) is 4.02. The van der Waals surface area contributed by atoms with Crippen molar-refractivity contribution < 1.29 is 0 Å². The average molecular weight is 325 g/mol. The Morgan fingerprint density at radius 2 is 2.14 bits per heavy atom. The minimum atomic E-state index is 0.658. The number of thiazole rings is 1. The van der Waals surface area contributed by atoms with Crippen LogP contribution in [0.15, 0.2) is 0 Å². The molecule has 0 aromatic carbocycles. The van der Waals surface area contributed by atoms with E-state index in [2.05, 4.69) is 30.9 Å². The van der Waals surface area contributed by atoms with E-state index in [1.54, 1.807) is 4.88 Å². The van der Waals surface area contributed by atoms with E-state index < -0.39 is 0 Å². The molecule has 1 N–H and O–H groups in total. The van der Waals surface area contributed by atoms with Crippen LogP contribution in [0.3, 0.4) is 0 Å². The molecule has 2 atom stereocenters. The number of fused-ring (bicyclic) bond motifs is 1. The van der Waals surface area contributed by atoms with Gasteiger partial charge in [-0.05, 0) is 50.3 Å². The van der Waals surface area contributed by atoms with Crippen molar-refractivity contribution in [1.82, 2.24) is 10.3 Å². The van der Waals surface area contributed by atoms with Crippen LogP contribution < -0.4 is 5.32 Å². The molecular weight excluding hydrogens is 296 g/mol. The second-order valence-corrected chi connectivity index (χ2v) is 9.28. The molecule has 0 spiro atoms. The van der Waals surface area contributed by atoms with E-state index in [9.17, 15) is 0 Å². The first-order chi connectivity index (χ1) is 10.2. The van der Waals surface area contributed by atoms with Gasteiger partial charge in [0.15, 0.2) is 0 Å². The molecule has 1 saturated heterocycles. The largest absolute Gasteiger partial charge is 0.316 e. The summed E-state index contributed by atoms with van der Waals surface area (Å²) in [7, 11) is 0. The summed E-state index contributed by atoms with van der Waals surface area (Å²) < 4.78 is 0. The van der Waals surface area contributed by atoms with Gasteiger partial charge in [0.25, 0.3) is 0 Å². The molecule has 1 aliphatic heterocycles. The summed E-state index contributed by atoms with van der Waals surface area (Å²) in [5.74, 6) is 2.72. The number of nitrogens with one attached hydrogen (secondary N) is 1. The lowest BCUT2D eigenvalue weighted by Crippen LogP contribution is -2.27. The molecule has 2 heterocycles. The van der Waals surface area contributed by atoms with Crippen LogP contribution in [0.4, 0.5) is 0 Å². The zero-order valence-corrected chi connectivity index (χ0v) is 15.0. The van der Waals surface area contributed by atoms with Crippen LogP contribution >= 0.6 is 23.1 Å². The molecule has 3 rings (SSSR count). The predicted molar refractivity (Wildman–Crippen MR) is 94.6 cm³/mol. The monoisotopic (exact) mass is 324 g/mol. The summed E-state index contributed by atoms with van der Waals surface area (Å²) in [6.07, 6.45) is 8.06. The smallest absolute Gasteiger partial charge is 0.106 e. The molecular formula is C17H28N2S2. The molecule has 4 heteroatoms. The molecule has 1 aromatic heterocycles. The van der Waals surface area contributed by atoms with Gasteiger partial charge in [-0.2, -0.15) is 11.8 Å². The molecule has 0 amide bonds. The van der Waals surface area contributed by atoms with E-state index >= 15 is 0 Å². The fourth-order valence-electron chi connectivity index (χ4n) is 3.34. The summed E-state index contributed by atoms with van der Waals surface area (Å²) in [4.78, 5) is 6.71. The Morgan fingerprint density at radius 3 is 2.90 bits per heavy atom. The van der Waals surface area contributed by atoms with Gasteiger partial charge in [0.1, 0.15) is 5.01 Å². The quantitative estimate of drug-likeness (QED) is 0.844. The van der Waals surface area contributed by atoms with E-state index in [-0.39, 0.29) is 0 Å². The maximum absolute atomic E-state index is 5.11. The summed E-state index contributed by atoms with van der Waals surface area (Å²) in [6.45, 7) is 6.80. The van der Waals surface area contributed by atoms with Crippen LogP contribution in [0, 0.1) is 5.92 Å². The van der Waals surface area contributed by atoms with Crippen LogP contribution in [0.25, 0.3) is 0 Å². The lowest BCUT2D eigenvalue weighted by Gasteiger charge is -2.22. The fourth-order valence-corrected chi connectivity index (χ4v) is 6.09. The third-order valence-corrected chi connectivity index (χ3v) is 7.27. The molecule has 0 saturated carbocycles. The van der Waals surface area contributed by atoms with Gasteiger partial charge >= 0.3 is 0 Å². The van der Waals surface area contributed by atoms with Crippen molar-refractivity contribution in [3.8, 4) is 0 Å². The normalized spacial score (nSPS) is 26.0. The lowest BCUT2D eigenvalue weighted by molar-refractivity contribution is 0.472. The Labute approximate surface area is 137 Å². The third-order valence-electron chi connectivity index (χ3n) is 4.49. The van der Waals surface area contributed by atoms with Crippen LogP contribution in [0.2, 0.25) is 0 Å². The number of rotatable bonds is 5. The zero-order chi connectivity index (χ0) is 14.7. The van der Waals surface area contributed by atoms with Gasteiger partial charge in [0, 0.05) is 17.3 Å². The van der Waals surface area contributed by atoms with Crippen molar-refractivity contribution in [2.24, 2.45) is 5.92 Å². The van der Waals surface area contributed by atoms with Crippen LogP contribution in [0.1, 0.15) is 72.7 Å². The standard InChI is InChI=1S/C17H28N2S2/c1-12(2)10-18-11-13-6-5-8-14-16(13)19-17(21-14)15-7-3-4-9-20-15/h12-13,15,18H,3-11H2,1-2H3. The van der Waals surface area contributed by atoms with E-state index in [4.69, 9.17) is 4.98 Å². The predicted octanol–water partition coefficient (Wildman–Crippen LogP) is 4.77. The van der Waals surface area contributed by atoms with Crippen molar-refractivity contribution in [2.45, 2.75) is 63.5 Å². The Kier molecular flexibility index (Phi) is 5.63. The molecule has 1 fully saturated rings. The number of thioether (sulfide) groups is 1. The molecule has 21 heavy (non-hydrogen) atoms. The topological polar surface area (TPSA) is 24.9 Å². The Morgan fingerprint density at radius 1 is 1.24 bits per heavy atom. The summed E-state index contributed by atoms with van der Waals surface area (Å²) in [5, 5.41) is 5.77. The molecule has 1 aliphatic carbocycles. The maximum atomic E-state index is 5.11. The lowest BCUT2D eigenvalue weighted by atomic mass is 9.91. The Balaban J connectivity index is 1.67. The highest BCUT2D eigenvalue weighted by Crippen LogP contribution is 2.43. The first-order valence-electron chi connectivity index (χ1n) is 8.56. The minimum absolute atomic E-state index is 0.658. The number of hydrogen-bond acceptors (Lipinski definition) is 4. The summed E-state index contributed by atoms with van der Waals surface area (Å²) in [5.41, 5.74) is 1.45. The van der Waals surface area contributed by atoms with Crippen LogP contribution in [-0.4, -0.2) is 23.8 Å². The van der Waals surface area contributed by atoms with E-state index in [1.165, 1.54) is 55.0 Å². The van der Waals surface area contributed by atoms with Crippen molar-refractivity contribution in [3.05, 3.63) is 15.6 Å². The summed E-state index contributed by atoms with van der Waals surface area (Å²) in [6, 6.07) is 0. The molecule has 2 unspecified atom stereocenters. The first-order valence-corrected chi connectivity index (χ1v) is 10.4. The van der Waals surface area contributed by atoms with Crippen LogP contribution in [-0.2, 0) is 6.42 Å². The number of aryl methyl sites for hydroxylation is 1. The van der Waals surface area contributed by atoms with Gasteiger partial charge in [-0.25, -0.2) is 4.98 Å². The van der Waals surface area contributed by atoms with Crippen molar-refractivity contribution in [3.63, 3.8) is 0 Å². The van der Waals surface area contributed by atoms with Gasteiger partial charge in [-0.15, -0.1) is 11.3 Å². The van der Waals surface area contributed by atoms with Crippen LogP contribution in [0.5, 0.6) is 0 Å². The van der Waals surface area contributed by atoms with Crippen molar-refractivity contribution >= 4 is 23.1 Å². The van der Waals surface area contributed by atoms with Gasteiger partial charge < -0.3 is 5.32 Å². The Bertz CT molecular complexity index is 450. The van der Waals surface area contributed by atoms with Gasteiger partial charge in [-0.1, -0.05) is 20.3 Å². The summed E-state index contributed by atoms with van der Waals surface area (Å²) >= 11 is 4.16. The van der Waals surface area contributed by atoms with Gasteiger partial charge in [-0.3, -0.25) is 0 Å². The van der Waals surface area contributed by atoms with Crippen molar-refractivity contribution in [2.75, 3.05) is 18.8 Å². The van der Waals surface area contributed by atoms with Gasteiger partial charge in [0.2, 0.25) is 0 Å². The Hall–Kier alpha value is -0.0600. The molecule has 1 aromatic rings. The number of hydrogen-bond donors (Lipinski definition) is 1. The molecule has 0 bridgehead atoms. The highest BCUT2D eigenvalue weighted by atomic mass is 32.2. The van der Waals surface area contributed by atoms with E-state index in [1.807, 2.05) is 11.3 Å². The number of aromatic nitrogens is 1. The molecule has 0 radical (unpaired) electrons. The van der Waals surface area contributed by atoms with E-state index in [0.717, 1.165) is 19.0 Å². The first kappa shape index (κ1) is 15.8. The SMILES string of the molecule is CC(C)CNCC1CCCc2sc(C3CCCCS3)nc21. The maximum Gasteiger partial charge on any atom is 0.106 e. The van der Waals surface area contributed by atoms with E-state index in [0.29, 0.717) is 11.2 Å². The molecule has 2 aliphatic rings. The second-order valence-electron chi connectivity index (χ2n) is 6.86. The fraction of sp³-hybridized carbons (Fsp3) is 0.824. The molecule has 118 valence electrons. The number of nitrogens with zero attached hydrogens (tertiary/aromatic N) is 1. The van der Waals surface area contributed by atoms with Crippen molar-refractivity contribution in [1.29, 1.82) is 0 Å². The zero-order valence-electron chi connectivity index (χ0n) is 13.4. The highest BCUT2D eigenvalue weighted by Gasteiger charge is 2.27. The average Bonchev–Trinajstić information content (AvgIpc) is 2.93.